The van der Waals surface area contributed by atoms with Gasteiger partial charge in [0.2, 0.25) is 0 Å². The molecule has 17 heavy (non-hydrogen) atoms. The first kappa shape index (κ1) is 12.4. The predicted molar refractivity (Wildman–Crippen MR) is 65.0 cm³/mol. The summed E-state index contributed by atoms with van der Waals surface area (Å²) in [5.74, 6) is 0.457. The van der Waals surface area contributed by atoms with E-state index in [1.807, 2.05) is 6.92 Å². The normalized spacial score (nSPS) is 19.1. The van der Waals surface area contributed by atoms with Crippen molar-refractivity contribution < 1.29 is 13.9 Å². The van der Waals surface area contributed by atoms with Crippen molar-refractivity contribution in [1.29, 1.82) is 0 Å². The minimum Gasteiger partial charge on any atom is -0.472 e. The second-order valence-corrected chi connectivity index (χ2v) is 4.65. The third kappa shape index (κ3) is 2.97. The van der Waals surface area contributed by atoms with Gasteiger partial charge in [-0.3, -0.25) is 4.79 Å². The average Bonchev–Trinajstić information content (AvgIpc) is 2.90. The zero-order valence-electron chi connectivity index (χ0n) is 10.4. The number of carbonyl (C=O) groups excluding carboxylic acids is 1. The summed E-state index contributed by atoms with van der Waals surface area (Å²) < 4.78 is 10.7. The minimum atomic E-state index is -0.280. The van der Waals surface area contributed by atoms with Crippen molar-refractivity contribution in [2.24, 2.45) is 5.92 Å². The lowest BCUT2D eigenvalue weighted by Crippen LogP contribution is -2.34. The molecule has 0 amide bonds. The summed E-state index contributed by atoms with van der Waals surface area (Å²) in [5.41, 5.74) is 0.633. The van der Waals surface area contributed by atoms with Gasteiger partial charge < -0.3 is 9.15 Å². The van der Waals surface area contributed by atoms with E-state index < -0.39 is 0 Å². The van der Waals surface area contributed by atoms with E-state index >= 15 is 0 Å². The molecule has 0 saturated heterocycles. The van der Waals surface area contributed by atoms with Crippen LogP contribution in [0.25, 0.3) is 0 Å². The highest BCUT2D eigenvalue weighted by molar-refractivity contribution is 5.99. The average molecular weight is 236 g/mol. The van der Waals surface area contributed by atoms with Gasteiger partial charge in [0.25, 0.3) is 0 Å². The van der Waals surface area contributed by atoms with Crippen molar-refractivity contribution in [3.8, 4) is 0 Å². The maximum Gasteiger partial charge on any atom is 0.195 e. The molecule has 94 valence electrons. The first-order chi connectivity index (χ1) is 8.33. The Hall–Kier alpha value is -1.09. The molecule has 0 aromatic carbocycles. The molecule has 0 N–H and O–H groups in total. The summed E-state index contributed by atoms with van der Waals surface area (Å²) in [5, 5.41) is 0. The fourth-order valence-electron chi connectivity index (χ4n) is 2.61. The van der Waals surface area contributed by atoms with Gasteiger partial charge in [-0.2, -0.15) is 0 Å². The van der Waals surface area contributed by atoms with Crippen LogP contribution in [0.5, 0.6) is 0 Å². The number of rotatable bonds is 5. The number of ketones is 1. The molecule has 3 nitrogen and oxygen atoms in total. The van der Waals surface area contributed by atoms with Crippen molar-refractivity contribution in [2.45, 2.75) is 45.1 Å². The van der Waals surface area contributed by atoms with Crippen molar-refractivity contribution in [3.63, 3.8) is 0 Å². The molecular weight excluding hydrogens is 216 g/mol. The maximum atomic E-state index is 12.3. The fraction of sp³-hybridized carbons (Fsp3) is 0.643. The Morgan fingerprint density at radius 2 is 2.24 bits per heavy atom. The van der Waals surface area contributed by atoms with Crippen molar-refractivity contribution >= 4 is 5.78 Å². The van der Waals surface area contributed by atoms with Crippen molar-refractivity contribution in [2.75, 3.05) is 6.61 Å². The Balaban J connectivity index is 2.07. The smallest absolute Gasteiger partial charge is 0.195 e. The van der Waals surface area contributed by atoms with E-state index in [0.717, 1.165) is 12.8 Å². The molecular formula is C14H20O3. The lowest BCUT2D eigenvalue weighted by atomic mass is 9.83. The highest BCUT2D eigenvalue weighted by Gasteiger charge is 2.31. The first-order valence-corrected chi connectivity index (χ1v) is 6.51. The number of carbonyl (C=O) groups is 1. The summed E-state index contributed by atoms with van der Waals surface area (Å²) in [7, 11) is 0. The number of Topliss-reactive ketones (excluding diaryl/α,β-unsaturated/α-hetero) is 1. The van der Waals surface area contributed by atoms with Crippen LogP contribution < -0.4 is 0 Å². The SMILES string of the molecule is CCOC(C(=O)c1ccoc1)C1CCCCC1. The second kappa shape index (κ2) is 6.01. The monoisotopic (exact) mass is 236 g/mol. The Labute approximate surface area is 102 Å². The molecule has 3 heteroatoms. The third-order valence-corrected chi connectivity index (χ3v) is 3.49. The van der Waals surface area contributed by atoms with E-state index in [2.05, 4.69) is 0 Å². The van der Waals surface area contributed by atoms with Gasteiger partial charge in [0, 0.05) is 6.61 Å². The molecule has 1 aromatic rings. The summed E-state index contributed by atoms with van der Waals surface area (Å²) in [6, 6.07) is 1.72. The molecule has 0 spiro atoms. The molecule has 1 heterocycles. The Kier molecular flexibility index (Phi) is 4.37. The van der Waals surface area contributed by atoms with Crippen LogP contribution in [0.15, 0.2) is 23.0 Å². The molecule has 0 bridgehead atoms. The molecule has 1 aromatic heterocycles. The Morgan fingerprint density at radius 1 is 1.47 bits per heavy atom. The van der Waals surface area contributed by atoms with E-state index in [4.69, 9.17) is 9.15 Å². The van der Waals surface area contributed by atoms with Gasteiger partial charge in [0.05, 0.1) is 11.8 Å². The summed E-state index contributed by atoms with van der Waals surface area (Å²) in [6.45, 7) is 2.53. The van der Waals surface area contributed by atoms with E-state index in [1.54, 1.807) is 6.07 Å². The van der Waals surface area contributed by atoms with Crippen LogP contribution in [-0.4, -0.2) is 18.5 Å². The molecule has 1 unspecified atom stereocenters. The van der Waals surface area contributed by atoms with Crippen LogP contribution in [0.1, 0.15) is 49.4 Å². The Bertz CT molecular complexity index is 336. The van der Waals surface area contributed by atoms with E-state index in [-0.39, 0.29) is 11.9 Å². The standard InChI is InChI=1S/C14H20O3/c1-2-17-14(11-6-4-3-5-7-11)13(15)12-8-9-16-10-12/h8-11,14H,2-7H2,1H3. The summed E-state index contributed by atoms with van der Waals surface area (Å²) in [4.78, 5) is 12.3. The largest absolute Gasteiger partial charge is 0.472 e. The van der Waals surface area contributed by atoms with Gasteiger partial charge in [-0.05, 0) is 31.7 Å². The van der Waals surface area contributed by atoms with Gasteiger partial charge >= 0.3 is 0 Å². The summed E-state index contributed by atoms with van der Waals surface area (Å²) in [6.07, 6.45) is 8.70. The van der Waals surface area contributed by atoms with Crippen LogP contribution in [-0.2, 0) is 4.74 Å². The van der Waals surface area contributed by atoms with Crippen LogP contribution in [0.3, 0.4) is 0 Å². The number of hydrogen-bond donors (Lipinski definition) is 0. The van der Waals surface area contributed by atoms with Gasteiger partial charge in [-0.15, -0.1) is 0 Å². The highest BCUT2D eigenvalue weighted by atomic mass is 16.5. The zero-order valence-corrected chi connectivity index (χ0v) is 10.4. The number of furan rings is 1. The third-order valence-electron chi connectivity index (χ3n) is 3.49. The predicted octanol–water partition coefficient (Wildman–Crippen LogP) is 3.45. The van der Waals surface area contributed by atoms with Crippen LogP contribution in [0.4, 0.5) is 0 Å². The van der Waals surface area contributed by atoms with Crippen molar-refractivity contribution in [1.82, 2.24) is 0 Å². The number of ether oxygens (including phenoxy) is 1. The lowest BCUT2D eigenvalue weighted by molar-refractivity contribution is 0.0126. The van der Waals surface area contributed by atoms with E-state index in [1.165, 1.54) is 31.8 Å². The molecule has 1 atom stereocenters. The fourth-order valence-corrected chi connectivity index (χ4v) is 2.61. The van der Waals surface area contributed by atoms with Gasteiger partial charge in [0.15, 0.2) is 5.78 Å². The molecule has 1 fully saturated rings. The lowest BCUT2D eigenvalue weighted by Gasteiger charge is -2.28. The number of hydrogen-bond acceptors (Lipinski definition) is 3. The van der Waals surface area contributed by atoms with Crippen LogP contribution in [0.2, 0.25) is 0 Å². The maximum absolute atomic E-state index is 12.3. The molecule has 0 aliphatic heterocycles. The molecule has 1 aliphatic carbocycles. The molecule has 1 aliphatic rings. The highest BCUT2D eigenvalue weighted by Crippen LogP contribution is 2.29. The van der Waals surface area contributed by atoms with Gasteiger partial charge in [-0.1, -0.05) is 19.3 Å². The van der Waals surface area contributed by atoms with E-state index in [9.17, 15) is 4.79 Å². The van der Waals surface area contributed by atoms with Gasteiger partial charge in [0.1, 0.15) is 12.4 Å². The van der Waals surface area contributed by atoms with Crippen LogP contribution >= 0.6 is 0 Å². The first-order valence-electron chi connectivity index (χ1n) is 6.51. The zero-order chi connectivity index (χ0) is 12.1. The van der Waals surface area contributed by atoms with Crippen molar-refractivity contribution in [3.05, 3.63) is 24.2 Å². The van der Waals surface area contributed by atoms with E-state index in [0.29, 0.717) is 18.1 Å². The molecule has 0 radical (unpaired) electrons. The quantitative estimate of drug-likeness (QED) is 0.735. The summed E-state index contributed by atoms with van der Waals surface area (Å²) >= 11 is 0. The minimum absolute atomic E-state index is 0.0764. The molecule has 1 saturated carbocycles. The Morgan fingerprint density at radius 3 is 2.82 bits per heavy atom. The molecule has 2 rings (SSSR count). The second-order valence-electron chi connectivity index (χ2n) is 4.65. The van der Waals surface area contributed by atoms with Crippen LogP contribution in [0, 0.1) is 5.92 Å². The van der Waals surface area contributed by atoms with Gasteiger partial charge in [-0.25, -0.2) is 0 Å². The topological polar surface area (TPSA) is 39.4 Å².